The number of rotatable bonds is 1. The van der Waals surface area contributed by atoms with Crippen molar-refractivity contribution in [1.29, 1.82) is 0 Å². The molecular formula is C11H25NO2. The summed E-state index contributed by atoms with van der Waals surface area (Å²) in [5.74, 6) is -0.384. The summed E-state index contributed by atoms with van der Waals surface area (Å²) < 4.78 is 0. The molecule has 3 heteroatoms. The lowest BCUT2D eigenvalue weighted by Gasteiger charge is -2.20. The largest absolute Gasteiger partial charge is 0.281 e. The molecule has 0 N–H and O–H groups in total. The van der Waals surface area contributed by atoms with Crippen LogP contribution in [0.5, 0.6) is 0 Å². The van der Waals surface area contributed by atoms with Crippen molar-refractivity contribution in [2.75, 3.05) is 0 Å². The average Bonchev–Trinajstić information content (AvgIpc) is 2.09. The van der Waals surface area contributed by atoms with Crippen LogP contribution in [0.3, 0.4) is 0 Å². The van der Waals surface area contributed by atoms with Gasteiger partial charge in [-0.2, -0.15) is 0 Å². The Bertz CT molecular complexity index is 139. The lowest BCUT2D eigenvalue weighted by molar-refractivity contribution is -0.144. The van der Waals surface area contributed by atoms with Gasteiger partial charge >= 0.3 is 0 Å². The van der Waals surface area contributed by atoms with E-state index >= 15 is 0 Å². The molecule has 0 atom stereocenters. The van der Waals surface area contributed by atoms with E-state index in [1.54, 1.807) is 0 Å². The third-order valence-corrected chi connectivity index (χ3v) is 1.19. The van der Waals surface area contributed by atoms with Crippen molar-refractivity contribution in [3.63, 3.8) is 0 Å². The molecule has 0 aromatic heterocycles. The molecule has 0 aliphatic carbocycles. The van der Waals surface area contributed by atoms with Gasteiger partial charge in [-0.25, -0.2) is 0 Å². The fraction of sp³-hybridized carbons (Fsp3) is 0.818. The van der Waals surface area contributed by atoms with Gasteiger partial charge in [-0.05, 0) is 13.8 Å². The Balaban J connectivity index is -0.000000266. The van der Waals surface area contributed by atoms with Crippen LogP contribution in [0, 0.1) is 0 Å². The standard InChI is InChI=1S/C7H13NO2.2C2H6/c1-5(2)8(6(3)9)7(4)10;2*1-2/h5H,1-4H3;2*1-2H3. The van der Waals surface area contributed by atoms with Gasteiger partial charge in [0.15, 0.2) is 0 Å². The van der Waals surface area contributed by atoms with Crippen LogP contribution in [0.2, 0.25) is 0 Å². The molecule has 2 amide bonds. The highest BCUT2D eigenvalue weighted by molar-refractivity contribution is 5.93. The molecule has 3 nitrogen and oxygen atoms in total. The summed E-state index contributed by atoms with van der Waals surface area (Å²) in [6.45, 7) is 14.4. The van der Waals surface area contributed by atoms with E-state index in [2.05, 4.69) is 0 Å². The molecule has 0 aromatic carbocycles. The van der Waals surface area contributed by atoms with E-state index in [-0.39, 0.29) is 17.9 Å². The molecule has 86 valence electrons. The van der Waals surface area contributed by atoms with Crippen molar-refractivity contribution in [2.24, 2.45) is 0 Å². The monoisotopic (exact) mass is 203 g/mol. The maximum Gasteiger partial charge on any atom is 0.226 e. The molecule has 0 aliphatic rings. The van der Waals surface area contributed by atoms with E-state index in [4.69, 9.17) is 0 Å². The SMILES string of the molecule is CC.CC.CC(=O)N(C(C)=O)C(C)C. The highest BCUT2D eigenvalue weighted by Gasteiger charge is 2.15. The van der Waals surface area contributed by atoms with Crippen molar-refractivity contribution in [1.82, 2.24) is 4.90 Å². The molecule has 0 radical (unpaired) electrons. The zero-order chi connectivity index (χ0) is 12.3. The maximum atomic E-state index is 10.7. The number of hydrogen-bond donors (Lipinski definition) is 0. The van der Waals surface area contributed by atoms with Crippen molar-refractivity contribution in [2.45, 2.75) is 61.4 Å². The molecule has 0 saturated heterocycles. The van der Waals surface area contributed by atoms with Crippen LogP contribution in [0.25, 0.3) is 0 Å². The van der Waals surface area contributed by atoms with Crippen LogP contribution < -0.4 is 0 Å². The van der Waals surface area contributed by atoms with Crippen LogP contribution in [0.4, 0.5) is 0 Å². The second kappa shape index (κ2) is 12.1. The Morgan fingerprint density at radius 3 is 1.07 bits per heavy atom. The first-order valence-electron chi connectivity index (χ1n) is 5.27. The molecule has 0 aromatic rings. The molecule has 0 unspecified atom stereocenters. The Morgan fingerprint density at radius 2 is 1.07 bits per heavy atom. The van der Waals surface area contributed by atoms with Gasteiger partial charge in [0, 0.05) is 19.9 Å². The number of imide groups is 1. The van der Waals surface area contributed by atoms with Gasteiger partial charge < -0.3 is 0 Å². The van der Waals surface area contributed by atoms with Gasteiger partial charge in [0.05, 0.1) is 0 Å². The van der Waals surface area contributed by atoms with Crippen molar-refractivity contribution in [3.8, 4) is 0 Å². The van der Waals surface area contributed by atoms with Crippen LogP contribution in [0.15, 0.2) is 0 Å². The Morgan fingerprint density at radius 1 is 0.857 bits per heavy atom. The second-order valence-electron chi connectivity index (χ2n) is 2.50. The zero-order valence-corrected chi connectivity index (χ0v) is 10.8. The Kier molecular flexibility index (Phi) is 16.3. The number of amides is 2. The fourth-order valence-corrected chi connectivity index (χ4v) is 0.949. The molecule has 0 heterocycles. The topological polar surface area (TPSA) is 37.4 Å². The number of hydrogen-bond acceptors (Lipinski definition) is 2. The summed E-state index contributed by atoms with van der Waals surface area (Å²) in [6.07, 6.45) is 0. The van der Waals surface area contributed by atoms with Crippen molar-refractivity contribution in [3.05, 3.63) is 0 Å². The third-order valence-electron chi connectivity index (χ3n) is 1.19. The van der Waals surface area contributed by atoms with Gasteiger partial charge in [-0.1, -0.05) is 27.7 Å². The van der Waals surface area contributed by atoms with Crippen LogP contribution in [-0.2, 0) is 9.59 Å². The smallest absolute Gasteiger partial charge is 0.226 e. The molecule has 0 saturated carbocycles. The van der Waals surface area contributed by atoms with Gasteiger partial charge in [0.2, 0.25) is 11.8 Å². The second-order valence-corrected chi connectivity index (χ2v) is 2.50. The van der Waals surface area contributed by atoms with Gasteiger partial charge in [0.1, 0.15) is 0 Å². The van der Waals surface area contributed by atoms with Crippen molar-refractivity contribution < 1.29 is 9.59 Å². The lowest BCUT2D eigenvalue weighted by Crippen LogP contribution is -2.38. The van der Waals surface area contributed by atoms with E-state index in [1.807, 2.05) is 41.5 Å². The highest BCUT2D eigenvalue weighted by atomic mass is 16.2. The number of carbonyl (C=O) groups is 2. The molecular weight excluding hydrogens is 178 g/mol. The average molecular weight is 203 g/mol. The highest BCUT2D eigenvalue weighted by Crippen LogP contribution is 1.98. The summed E-state index contributed by atoms with van der Waals surface area (Å²) in [4.78, 5) is 22.7. The van der Waals surface area contributed by atoms with E-state index in [0.717, 1.165) is 0 Å². The normalized spacial score (nSPS) is 7.79. The lowest BCUT2D eigenvalue weighted by atomic mass is 10.3. The first-order chi connectivity index (χ1) is 6.46. The summed E-state index contributed by atoms with van der Waals surface area (Å²) in [5.41, 5.74) is 0. The van der Waals surface area contributed by atoms with E-state index in [9.17, 15) is 9.59 Å². The minimum atomic E-state index is -0.192. The Hall–Kier alpha value is -0.860. The first-order valence-corrected chi connectivity index (χ1v) is 5.27. The van der Waals surface area contributed by atoms with Gasteiger partial charge in [0.25, 0.3) is 0 Å². The molecule has 0 spiro atoms. The van der Waals surface area contributed by atoms with E-state index < -0.39 is 0 Å². The van der Waals surface area contributed by atoms with Gasteiger partial charge in [-0.15, -0.1) is 0 Å². The third kappa shape index (κ3) is 9.23. The van der Waals surface area contributed by atoms with Crippen LogP contribution >= 0.6 is 0 Å². The maximum absolute atomic E-state index is 10.7. The summed E-state index contributed by atoms with van der Waals surface area (Å²) in [5, 5.41) is 0. The molecule has 0 bridgehead atoms. The first kappa shape index (κ1) is 18.8. The quantitative estimate of drug-likeness (QED) is 0.657. The molecule has 0 fully saturated rings. The summed E-state index contributed by atoms with van der Waals surface area (Å²) in [7, 11) is 0. The van der Waals surface area contributed by atoms with Crippen molar-refractivity contribution >= 4 is 11.8 Å². The zero-order valence-electron chi connectivity index (χ0n) is 10.8. The molecule has 0 aliphatic heterocycles. The Labute approximate surface area is 88.5 Å². The summed E-state index contributed by atoms with van der Waals surface area (Å²) in [6, 6.07) is -0.0324. The number of carbonyl (C=O) groups excluding carboxylic acids is 2. The predicted octanol–water partition coefficient (Wildman–Crippen LogP) is 2.84. The molecule has 0 rings (SSSR count). The minimum Gasteiger partial charge on any atom is -0.281 e. The fourth-order valence-electron chi connectivity index (χ4n) is 0.949. The summed E-state index contributed by atoms with van der Waals surface area (Å²) >= 11 is 0. The number of nitrogens with zero attached hydrogens (tertiary/aromatic N) is 1. The van der Waals surface area contributed by atoms with E-state index in [0.29, 0.717) is 0 Å². The van der Waals surface area contributed by atoms with E-state index in [1.165, 1.54) is 18.7 Å². The molecule has 14 heavy (non-hydrogen) atoms. The minimum absolute atomic E-state index is 0.0324. The predicted molar refractivity (Wildman–Crippen MR) is 61.0 cm³/mol. The van der Waals surface area contributed by atoms with Crippen LogP contribution in [0.1, 0.15) is 55.4 Å². The van der Waals surface area contributed by atoms with Gasteiger partial charge in [-0.3, -0.25) is 14.5 Å². The van der Waals surface area contributed by atoms with Crippen LogP contribution in [-0.4, -0.2) is 22.8 Å².